The monoisotopic (exact) mass is 420 g/mol. The van der Waals surface area contributed by atoms with Crippen molar-refractivity contribution in [3.63, 3.8) is 0 Å². The van der Waals surface area contributed by atoms with Gasteiger partial charge in [0.05, 0.1) is 14.2 Å². The highest BCUT2D eigenvalue weighted by atomic mass is 16.5. The molecule has 0 atom stereocenters. The minimum absolute atomic E-state index is 0.224. The van der Waals surface area contributed by atoms with E-state index in [9.17, 15) is 4.79 Å². The van der Waals surface area contributed by atoms with E-state index in [0.717, 1.165) is 11.1 Å². The van der Waals surface area contributed by atoms with Gasteiger partial charge in [-0.15, -0.1) is 0 Å². The highest BCUT2D eigenvalue weighted by Crippen LogP contribution is 2.32. The molecule has 2 heterocycles. The number of hydrogen-bond acceptors (Lipinski definition) is 8. The zero-order valence-corrected chi connectivity index (χ0v) is 17.0. The molecule has 4 rings (SSSR count). The molecule has 0 aliphatic rings. The summed E-state index contributed by atoms with van der Waals surface area (Å²) in [5.41, 5.74) is 2.48. The van der Waals surface area contributed by atoms with Gasteiger partial charge in [-0.1, -0.05) is 35.5 Å². The van der Waals surface area contributed by atoms with Crippen LogP contribution in [-0.4, -0.2) is 41.9 Å². The SMILES string of the molecule is COc1ccc(CNC(=O)COc2ncnc3onc(-c4ccccc4)c23)c(OC)c1. The number of ether oxygens (including phenoxy) is 3. The molecule has 1 amide bonds. The number of aromatic nitrogens is 3. The molecule has 9 heteroatoms. The Balaban J connectivity index is 1.45. The third-order valence-electron chi connectivity index (χ3n) is 4.60. The lowest BCUT2D eigenvalue weighted by molar-refractivity contribution is -0.123. The van der Waals surface area contributed by atoms with Crippen LogP contribution in [0.4, 0.5) is 0 Å². The van der Waals surface area contributed by atoms with Crippen molar-refractivity contribution in [1.82, 2.24) is 20.4 Å². The van der Waals surface area contributed by atoms with Crippen LogP contribution in [0.25, 0.3) is 22.4 Å². The molecule has 2 aromatic heterocycles. The average molecular weight is 420 g/mol. The highest BCUT2D eigenvalue weighted by Gasteiger charge is 2.18. The van der Waals surface area contributed by atoms with Crippen molar-refractivity contribution in [3.05, 3.63) is 60.4 Å². The first-order valence-corrected chi connectivity index (χ1v) is 9.45. The number of carbonyl (C=O) groups excluding carboxylic acids is 1. The van der Waals surface area contributed by atoms with Crippen molar-refractivity contribution in [1.29, 1.82) is 0 Å². The summed E-state index contributed by atoms with van der Waals surface area (Å²) in [5.74, 6) is 1.20. The summed E-state index contributed by atoms with van der Waals surface area (Å²) in [6, 6.07) is 14.9. The molecule has 0 spiro atoms. The normalized spacial score (nSPS) is 10.6. The van der Waals surface area contributed by atoms with Gasteiger partial charge in [0.25, 0.3) is 11.6 Å². The molecule has 0 saturated heterocycles. The Hall–Kier alpha value is -4.14. The first-order valence-electron chi connectivity index (χ1n) is 9.45. The third kappa shape index (κ3) is 4.40. The summed E-state index contributed by atoms with van der Waals surface area (Å²) >= 11 is 0. The molecule has 0 aliphatic carbocycles. The molecule has 0 bridgehead atoms. The maximum absolute atomic E-state index is 12.4. The Bertz CT molecular complexity index is 1190. The van der Waals surface area contributed by atoms with Crippen molar-refractivity contribution in [2.45, 2.75) is 6.54 Å². The topological polar surface area (TPSA) is 109 Å². The molecule has 158 valence electrons. The van der Waals surface area contributed by atoms with Crippen LogP contribution in [0.1, 0.15) is 5.56 Å². The van der Waals surface area contributed by atoms with Crippen LogP contribution in [0.5, 0.6) is 17.4 Å². The molecule has 1 N–H and O–H groups in total. The second-order valence-corrected chi connectivity index (χ2v) is 6.50. The highest BCUT2D eigenvalue weighted by molar-refractivity contribution is 5.93. The lowest BCUT2D eigenvalue weighted by atomic mass is 10.1. The number of nitrogens with zero attached hydrogens (tertiary/aromatic N) is 3. The van der Waals surface area contributed by atoms with Crippen LogP contribution in [-0.2, 0) is 11.3 Å². The maximum Gasteiger partial charge on any atom is 0.265 e. The second-order valence-electron chi connectivity index (χ2n) is 6.50. The molecule has 31 heavy (non-hydrogen) atoms. The Kier molecular flexibility index (Phi) is 5.93. The molecule has 0 unspecified atom stereocenters. The van der Waals surface area contributed by atoms with Gasteiger partial charge >= 0.3 is 0 Å². The van der Waals surface area contributed by atoms with E-state index in [-0.39, 0.29) is 30.7 Å². The van der Waals surface area contributed by atoms with Crippen LogP contribution >= 0.6 is 0 Å². The van der Waals surface area contributed by atoms with E-state index in [1.165, 1.54) is 6.33 Å². The number of fused-ring (bicyclic) bond motifs is 1. The van der Waals surface area contributed by atoms with Crippen molar-refractivity contribution >= 4 is 17.0 Å². The third-order valence-corrected chi connectivity index (χ3v) is 4.60. The smallest absolute Gasteiger partial charge is 0.265 e. The van der Waals surface area contributed by atoms with Gasteiger partial charge in [-0.25, -0.2) is 4.98 Å². The molecule has 0 fully saturated rings. The lowest BCUT2D eigenvalue weighted by Crippen LogP contribution is -2.28. The van der Waals surface area contributed by atoms with Gasteiger partial charge in [-0.2, -0.15) is 4.98 Å². The molecule has 0 aliphatic heterocycles. The zero-order valence-electron chi connectivity index (χ0n) is 17.0. The van der Waals surface area contributed by atoms with Crippen molar-refractivity contribution < 1.29 is 23.5 Å². The summed E-state index contributed by atoms with van der Waals surface area (Å²) in [5, 5.41) is 7.40. The van der Waals surface area contributed by atoms with Gasteiger partial charge in [0.15, 0.2) is 6.61 Å². The molecule has 0 radical (unpaired) electrons. The number of rotatable bonds is 8. The number of nitrogens with one attached hydrogen (secondary N) is 1. The van der Waals surface area contributed by atoms with Crippen LogP contribution in [0, 0.1) is 0 Å². The van der Waals surface area contributed by atoms with E-state index < -0.39 is 0 Å². The predicted octanol–water partition coefficient (Wildman–Crippen LogP) is 3.00. The Morgan fingerprint density at radius 2 is 1.90 bits per heavy atom. The van der Waals surface area contributed by atoms with Crippen LogP contribution in [0.2, 0.25) is 0 Å². The Morgan fingerprint density at radius 3 is 2.68 bits per heavy atom. The van der Waals surface area contributed by atoms with E-state index in [2.05, 4.69) is 20.4 Å². The standard InChI is InChI=1S/C22H20N4O5/c1-28-16-9-8-15(17(10-16)29-2)11-23-18(27)12-30-21-19-20(14-6-4-3-5-7-14)26-31-22(19)25-13-24-21/h3-10,13H,11-12H2,1-2H3,(H,23,27). The first-order chi connectivity index (χ1) is 15.2. The largest absolute Gasteiger partial charge is 0.497 e. The second kappa shape index (κ2) is 9.12. The van der Waals surface area contributed by atoms with Gasteiger partial charge < -0.3 is 24.1 Å². The summed E-state index contributed by atoms with van der Waals surface area (Å²) in [6.07, 6.45) is 1.30. The Morgan fingerprint density at radius 1 is 1.06 bits per heavy atom. The van der Waals surface area contributed by atoms with E-state index in [1.54, 1.807) is 26.4 Å². The van der Waals surface area contributed by atoms with Crippen LogP contribution in [0.3, 0.4) is 0 Å². The summed E-state index contributed by atoms with van der Waals surface area (Å²) < 4.78 is 21.5. The molecule has 9 nitrogen and oxygen atoms in total. The van der Waals surface area contributed by atoms with E-state index in [1.807, 2.05) is 36.4 Å². The predicted molar refractivity (Wildman–Crippen MR) is 112 cm³/mol. The molecule has 2 aromatic carbocycles. The zero-order chi connectivity index (χ0) is 21.6. The quantitative estimate of drug-likeness (QED) is 0.463. The van der Waals surface area contributed by atoms with Crippen molar-refractivity contribution in [2.75, 3.05) is 20.8 Å². The fourth-order valence-corrected chi connectivity index (χ4v) is 3.04. The number of methoxy groups -OCH3 is 2. The van der Waals surface area contributed by atoms with Gasteiger partial charge in [0, 0.05) is 23.7 Å². The lowest BCUT2D eigenvalue weighted by Gasteiger charge is -2.11. The first kappa shape index (κ1) is 20.1. The fraction of sp³-hybridized carbons (Fsp3) is 0.182. The minimum atomic E-state index is -0.317. The minimum Gasteiger partial charge on any atom is -0.497 e. The van der Waals surface area contributed by atoms with Gasteiger partial charge in [0.2, 0.25) is 5.88 Å². The summed E-state index contributed by atoms with van der Waals surface area (Å²) in [7, 11) is 3.14. The molecule has 0 saturated carbocycles. The van der Waals surface area contributed by atoms with E-state index in [4.69, 9.17) is 18.7 Å². The fourth-order valence-electron chi connectivity index (χ4n) is 3.04. The summed E-state index contributed by atoms with van der Waals surface area (Å²) in [4.78, 5) is 20.6. The number of carbonyl (C=O) groups is 1. The Labute approximate surface area is 178 Å². The van der Waals surface area contributed by atoms with Crippen LogP contribution in [0.15, 0.2) is 59.4 Å². The molecular formula is C22H20N4O5. The number of benzene rings is 2. The molecule has 4 aromatic rings. The number of amides is 1. The van der Waals surface area contributed by atoms with E-state index in [0.29, 0.717) is 22.6 Å². The van der Waals surface area contributed by atoms with Crippen molar-refractivity contribution in [3.8, 4) is 28.6 Å². The van der Waals surface area contributed by atoms with Gasteiger partial charge in [-0.05, 0) is 12.1 Å². The van der Waals surface area contributed by atoms with Crippen molar-refractivity contribution in [2.24, 2.45) is 0 Å². The van der Waals surface area contributed by atoms with Crippen LogP contribution < -0.4 is 19.5 Å². The maximum atomic E-state index is 12.4. The number of hydrogen-bond donors (Lipinski definition) is 1. The van der Waals surface area contributed by atoms with Gasteiger partial charge in [-0.3, -0.25) is 4.79 Å². The van der Waals surface area contributed by atoms with Gasteiger partial charge in [0.1, 0.15) is 28.9 Å². The molecular weight excluding hydrogens is 400 g/mol. The average Bonchev–Trinajstić information content (AvgIpc) is 3.26. The summed E-state index contributed by atoms with van der Waals surface area (Å²) in [6.45, 7) is 0.0427. The van der Waals surface area contributed by atoms with E-state index >= 15 is 0 Å².